The van der Waals surface area contributed by atoms with Crippen LogP contribution in [0, 0.1) is 0 Å². The third kappa shape index (κ3) is 4.19. The third-order valence-electron chi connectivity index (χ3n) is 3.23. The molecular weight excluding hydrogens is 272 g/mol. The molecule has 1 amide bonds. The largest absolute Gasteiger partial charge is 0.484 e. The Morgan fingerprint density at radius 2 is 2.10 bits per heavy atom. The second kappa shape index (κ2) is 7.64. The molecule has 1 aliphatic heterocycles. The van der Waals surface area contributed by atoms with E-state index in [9.17, 15) is 9.59 Å². The molecule has 1 aromatic carbocycles. The van der Waals surface area contributed by atoms with E-state index in [4.69, 9.17) is 9.47 Å². The molecule has 0 spiro atoms. The van der Waals surface area contributed by atoms with E-state index >= 15 is 0 Å². The first-order chi connectivity index (χ1) is 10.2. The van der Waals surface area contributed by atoms with Crippen molar-refractivity contribution in [3.8, 4) is 5.75 Å². The van der Waals surface area contributed by atoms with Gasteiger partial charge in [0, 0.05) is 19.6 Å². The molecule has 1 saturated heterocycles. The number of amides is 1. The quantitative estimate of drug-likeness (QED) is 0.797. The predicted molar refractivity (Wildman–Crippen MR) is 76.9 cm³/mol. The number of hydrogen-bond acceptors (Lipinski definition) is 5. The van der Waals surface area contributed by atoms with Crippen LogP contribution in [-0.4, -0.2) is 55.7 Å². The molecule has 6 heteroatoms. The number of esters is 1. The highest BCUT2D eigenvalue weighted by Gasteiger charge is 2.33. The summed E-state index contributed by atoms with van der Waals surface area (Å²) in [6.45, 7) is 3.51. The van der Waals surface area contributed by atoms with Crippen LogP contribution in [0.4, 0.5) is 0 Å². The maximum atomic E-state index is 12.3. The molecule has 0 saturated carbocycles. The van der Waals surface area contributed by atoms with Crippen molar-refractivity contribution in [2.45, 2.75) is 13.0 Å². The molecule has 1 atom stereocenters. The molecule has 1 fully saturated rings. The molecule has 1 aliphatic rings. The fourth-order valence-corrected chi connectivity index (χ4v) is 2.20. The molecule has 2 rings (SSSR count). The minimum atomic E-state index is -0.578. The van der Waals surface area contributed by atoms with Crippen molar-refractivity contribution in [2.24, 2.45) is 0 Å². The normalized spacial score (nSPS) is 18.1. The average molecular weight is 292 g/mol. The van der Waals surface area contributed by atoms with Gasteiger partial charge in [0.1, 0.15) is 11.8 Å². The summed E-state index contributed by atoms with van der Waals surface area (Å²) >= 11 is 0. The molecule has 0 aromatic heterocycles. The lowest BCUT2D eigenvalue weighted by molar-refractivity contribution is -0.156. The van der Waals surface area contributed by atoms with Crippen LogP contribution in [0.1, 0.15) is 6.92 Å². The van der Waals surface area contributed by atoms with Crippen molar-refractivity contribution in [2.75, 3.05) is 32.8 Å². The van der Waals surface area contributed by atoms with Gasteiger partial charge in [-0.3, -0.25) is 4.79 Å². The first-order valence-corrected chi connectivity index (χ1v) is 7.07. The maximum Gasteiger partial charge on any atom is 0.330 e. The number of carbonyl (C=O) groups is 2. The molecule has 0 radical (unpaired) electrons. The predicted octanol–water partition coefficient (Wildman–Crippen LogP) is 0.429. The van der Waals surface area contributed by atoms with Crippen LogP contribution < -0.4 is 10.1 Å². The minimum absolute atomic E-state index is 0.0834. The number of nitrogens with one attached hydrogen (secondary N) is 1. The Labute approximate surface area is 124 Å². The highest BCUT2D eigenvalue weighted by atomic mass is 16.5. The first kappa shape index (κ1) is 15.3. The molecule has 114 valence electrons. The molecule has 1 aromatic rings. The Morgan fingerprint density at radius 3 is 2.81 bits per heavy atom. The van der Waals surface area contributed by atoms with Crippen molar-refractivity contribution in [3.05, 3.63) is 30.3 Å². The van der Waals surface area contributed by atoms with E-state index < -0.39 is 6.04 Å². The van der Waals surface area contributed by atoms with E-state index in [2.05, 4.69) is 5.32 Å². The van der Waals surface area contributed by atoms with Crippen LogP contribution in [-0.2, 0) is 14.3 Å². The highest BCUT2D eigenvalue weighted by Crippen LogP contribution is 2.10. The molecule has 0 bridgehead atoms. The lowest BCUT2D eigenvalue weighted by Crippen LogP contribution is -2.58. The number of hydrogen-bond donors (Lipinski definition) is 1. The van der Waals surface area contributed by atoms with Gasteiger partial charge < -0.3 is 19.7 Å². The fourth-order valence-electron chi connectivity index (χ4n) is 2.20. The summed E-state index contributed by atoms with van der Waals surface area (Å²) in [6.07, 6.45) is 0. The Kier molecular flexibility index (Phi) is 5.57. The fraction of sp³-hybridized carbons (Fsp3) is 0.467. The summed E-state index contributed by atoms with van der Waals surface area (Å²) in [7, 11) is 0. The number of benzene rings is 1. The van der Waals surface area contributed by atoms with Gasteiger partial charge in [0.15, 0.2) is 6.61 Å². The summed E-state index contributed by atoms with van der Waals surface area (Å²) in [4.78, 5) is 25.7. The average Bonchev–Trinajstić information content (AvgIpc) is 2.54. The van der Waals surface area contributed by atoms with Crippen LogP contribution in [0.15, 0.2) is 30.3 Å². The lowest BCUT2D eigenvalue weighted by atomic mass is 10.2. The van der Waals surface area contributed by atoms with Crippen molar-refractivity contribution in [3.63, 3.8) is 0 Å². The van der Waals surface area contributed by atoms with Crippen LogP contribution >= 0.6 is 0 Å². The molecule has 1 N–H and O–H groups in total. The summed E-state index contributed by atoms with van der Waals surface area (Å²) in [5.74, 6) is 0.0461. The summed E-state index contributed by atoms with van der Waals surface area (Å²) in [5.41, 5.74) is 0. The standard InChI is InChI=1S/C15H20N2O4/c1-2-20-15(19)13-10-16-8-9-17(13)14(18)11-21-12-6-4-3-5-7-12/h3-7,13,16H,2,8-11H2,1H3. The zero-order valence-electron chi connectivity index (χ0n) is 12.1. The van der Waals surface area contributed by atoms with Crippen LogP contribution in [0.3, 0.4) is 0 Å². The molecule has 0 aliphatic carbocycles. The van der Waals surface area contributed by atoms with E-state index in [0.717, 1.165) is 0 Å². The summed E-state index contributed by atoms with van der Waals surface area (Å²) in [6, 6.07) is 8.55. The molecule has 1 heterocycles. The smallest absolute Gasteiger partial charge is 0.330 e. The zero-order chi connectivity index (χ0) is 15.1. The minimum Gasteiger partial charge on any atom is -0.484 e. The maximum absolute atomic E-state index is 12.3. The van der Waals surface area contributed by atoms with Gasteiger partial charge >= 0.3 is 5.97 Å². The van der Waals surface area contributed by atoms with E-state index in [1.165, 1.54) is 4.90 Å². The van der Waals surface area contributed by atoms with Gasteiger partial charge in [0.2, 0.25) is 0 Å². The van der Waals surface area contributed by atoms with Gasteiger partial charge in [-0.15, -0.1) is 0 Å². The van der Waals surface area contributed by atoms with Crippen molar-refractivity contribution >= 4 is 11.9 Å². The van der Waals surface area contributed by atoms with Crippen LogP contribution in [0.2, 0.25) is 0 Å². The zero-order valence-corrected chi connectivity index (χ0v) is 12.1. The highest BCUT2D eigenvalue weighted by molar-refractivity contribution is 5.85. The third-order valence-corrected chi connectivity index (χ3v) is 3.23. The number of para-hydroxylation sites is 1. The number of carbonyl (C=O) groups excluding carboxylic acids is 2. The van der Waals surface area contributed by atoms with Crippen molar-refractivity contribution < 1.29 is 19.1 Å². The van der Waals surface area contributed by atoms with E-state index in [1.54, 1.807) is 19.1 Å². The molecule has 6 nitrogen and oxygen atoms in total. The Balaban J connectivity index is 1.93. The van der Waals surface area contributed by atoms with Gasteiger partial charge in [-0.2, -0.15) is 0 Å². The number of ether oxygens (including phenoxy) is 2. The Bertz CT molecular complexity index is 478. The van der Waals surface area contributed by atoms with Gasteiger partial charge in [0.05, 0.1) is 6.61 Å². The molecule has 21 heavy (non-hydrogen) atoms. The van der Waals surface area contributed by atoms with Crippen molar-refractivity contribution in [1.82, 2.24) is 10.2 Å². The van der Waals surface area contributed by atoms with Crippen LogP contribution in [0.25, 0.3) is 0 Å². The van der Waals surface area contributed by atoms with E-state index in [1.807, 2.05) is 18.2 Å². The lowest BCUT2D eigenvalue weighted by Gasteiger charge is -2.34. The van der Waals surface area contributed by atoms with E-state index in [-0.39, 0.29) is 18.5 Å². The summed E-state index contributed by atoms with van der Waals surface area (Å²) < 4.78 is 10.5. The molecular formula is C15H20N2O4. The van der Waals surface area contributed by atoms with Gasteiger partial charge in [-0.25, -0.2) is 4.79 Å². The number of nitrogens with zero attached hydrogens (tertiary/aromatic N) is 1. The van der Waals surface area contributed by atoms with Gasteiger partial charge in [-0.05, 0) is 19.1 Å². The summed E-state index contributed by atoms with van der Waals surface area (Å²) in [5, 5.41) is 3.10. The second-order valence-electron chi connectivity index (χ2n) is 4.66. The molecule has 1 unspecified atom stereocenters. The Hall–Kier alpha value is -2.08. The number of piperazine rings is 1. The second-order valence-corrected chi connectivity index (χ2v) is 4.66. The topological polar surface area (TPSA) is 67.9 Å². The monoisotopic (exact) mass is 292 g/mol. The number of rotatable bonds is 5. The van der Waals surface area contributed by atoms with Gasteiger partial charge in [0.25, 0.3) is 5.91 Å². The Morgan fingerprint density at radius 1 is 1.33 bits per heavy atom. The van der Waals surface area contributed by atoms with Crippen molar-refractivity contribution in [1.29, 1.82) is 0 Å². The SMILES string of the molecule is CCOC(=O)C1CNCCN1C(=O)COc1ccccc1. The first-order valence-electron chi connectivity index (χ1n) is 7.07. The van der Waals surface area contributed by atoms with Gasteiger partial charge in [-0.1, -0.05) is 18.2 Å². The van der Waals surface area contributed by atoms with Crippen LogP contribution in [0.5, 0.6) is 5.75 Å². The van der Waals surface area contributed by atoms with E-state index in [0.29, 0.717) is 32.0 Å².